The lowest BCUT2D eigenvalue weighted by Gasteiger charge is -2.05. The van der Waals surface area contributed by atoms with E-state index in [2.05, 4.69) is 50.0 Å². The molecule has 68 valence electrons. The molecular weight excluding hydrogens is 361 g/mol. The Morgan fingerprint density at radius 2 is 2.31 bits per heavy atom. The topological polar surface area (TPSA) is 26.0 Å². The molecule has 1 aromatic carbocycles. The number of anilines is 1. The third-order valence-corrected chi connectivity index (χ3v) is 4.70. The number of halogens is 2. The highest BCUT2D eigenvalue weighted by Crippen LogP contribution is 2.33. The van der Waals surface area contributed by atoms with Gasteiger partial charge in [0.1, 0.15) is 0 Å². The van der Waals surface area contributed by atoms with Crippen LogP contribution in [0.4, 0.5) is 5.69 Å². The lowest BCUT2D eigenvalue weighted by atomic mass is 10.1. The summed E-state index contributed by atoms with van der Waals surface area (Å²) in [7, 11) is 0. The summed E-state index contributed by atoms with van der Waals surface area (Å²) in [5.41, 5.74) is 8.01. The first-order valence-corrected chi connectivity index (χ1v) is 6.82. The molecule has 4 heteroatoms. The van der Waals surface area contributed by atoms with Gasteiger partial charge in [0.25, 0.3) is 0 Å². The fourth-order valence-corrected chi connectivity index (χ4v) is 3.79. The van der Waals surface area contributed by atoms with Crippen LogP contribution in [0.5, 0.6) is 0 Å². The SMILES string of the molecule is Nc1cc(I)c2sccc2c1CBr. The smallest absolute Gasteiger partial charge is 0.0480 e. The molecule has 1 aromatic heterocycles. The van der Waals surface area contributed by atoms with Crippen LogP contribution in [-0.4, -0.2) is 0 Å². The number of nitrogen functional groups attached to an aromatic ring is 1. The third-order valence-electron chi connectivity index (χ3n) is 1.97. The van der Waals surface area contributed by atoms with Crippen molar-refractivity contribution in [1.29, 1.82) is 0 Å². The molecule has 2 N–H and O–H groups in total. The summed E-state index contributed by atoms with van der Waals surface area (Å²) in [5, 5.41) is 4.22. The molecule has 0 unspecified atom stereocenters. The van der Waals surface area contributed by atoms with E-state index < -0.39 is 0 Å². The highest BCUT2D eigenvalue weighted by molar-refractivity contribution is 14.1. The first-order valence-electron chi connectivity index (χ1n) is 3.74. The van der Waals surface area contributed by atoms with E-state index in [9.17, 15) is 0 Å². The monoisotopic (exact) mass is 367 g/mol. The van der Waals surface area contributed by atoms with Gasteiger partial charge in [-0.1, -0.05) is 15.9 Å². The Balaban J connectivity index is 2.88. The zero-order chi connectivity index (χ0) is 9.42. The maximum Gasteiger partial charge on any atom is 0.0480 e. The maximum atomic E-state index is 5.93. The van der Waals surface area contributed by atoms with E-state index in [1.54, 1.807) is 11.3 Å². The fourth-order valence-electron chi connectivity index (χ4n) is 1.33. The molecule has 0 radical (unpaired) electrons. The van der Waals surface area contributed by atoms with E-state index in [0.717, 1.165) is 11.0 Å². The second-order valence-electron chi connectivity index (χ2n) is 2.72. The number of fused-ring (bicyclic) bond motifs is 1. The lowest BCUT2D eigenvalue weighted by molar-refractivity contribution is 1.49. The second kappa shape index (κ2) is 3.74. The van der Waals surface area contributed by atoms with E-state index in [0.29, 0.717) is 0 Å². The van der Waals surface area contributed by atoms with Crippen LogP contribution in [0.3, 0.4) is 0 Å². The van der Waals surface area contributed by atoms with Crippen LogP contribution in [0, 0.1) is 3.57 Å². The first kappa shape index (κ1) is 9.73. The summed E-state index contributed by atoms with van der Waals surface area (Å²) < 4.78 is 2.58. The van der Waals surface area contributed by atoms with E-state index in [-0.39, 0.29) is 0 Å². The van der Waals surface area contributed by atoms with Gasteiger partial charge in [-0.3, -0.25) is 0 Å². The van der Waals surface area contributed by atoms with Crippen molar-refractivity contribution in [3.63, 3.8) is 0 Å². The molecule has 0 atom stereocenters. The van der Waals surface area contributed by atoms with Gasteiger partial charge in [0.2, 0.25) is 0 Å². The average Bonchev–Trinajstić information content (AvgIpc) is 2.53. The molecule has 0 aliphatic rings. The molecule has 0 saturated carbocycles. The highest BCUT2D eigenvalue weighted by Gasteiger charge is 2.08. The van der Waals surface area contributed by atoms with Gasteiger partial charge in [0.15, 0.2) is 0 Å². The van der Waals surface area contributed by atoms with Gasteiger partial charge in [0, 0.05) is 19.3 Å². The predicted molar refractivity (Wildman–Crippen MR) is 71.6 cm³/mol. The average molecular weight is 368 g/mol. The zero-order valence-corrected chi connectivity index (χ0v) is 11.2. The molecular formula is C9H7BrINS. The molecule has 0 saturated heterocycles. The molecule has 2 aromatic rings. The van der Waals surface area contributed by atoms with Crippen LogP contribution in [0.15, 0.2) is 17.5 Å². The number of rotatable bonds is 1. The zero-order valence-electron chi connectivity index (χ0n) is 6.68. The van der Waals surface area contributed by atoms with Crippen LogP contribution in [0.25, 0.3) is 10.1 Å². The summed E-state index contributed by atoms with van der Waals surface area (Å²) in [5.74, 6) is 0. The summed E-state index contributed by atoms with van der Waals surface area (Å²) >= 11 is 7.56. The highest BCUT2D eigenvalue weighted by atomic mass is 127. The summed E-state index contributed by atoms with van der Waals surface area (Å²) in [6.07, 6.45) is 0. The van der Waals surface area contributed by atoms with E-state index in [4.69, 9.17) is 5.73 Å². The van der Waals surface area contributed by atoms with Crippen LogP contribution in [0.2, 0.25) is 0 Å². The van der Waals surface area contributed by atoms with Gasteiger partial charge in [-0.2, -0.15) is 0 Å². The molecule has 1 nitrogen and oxygen atoms in total. The van der Waals surface area contributed by atoms with E-state index in [1.807, 2.05) is 6.07 Å². The Morgan fingerprint density at radius 3 is 3.00 bits per heavy atom. The van der Waals surface area contributed by atoms with Gasteiger partial charge < -0.3 is 5.73 Å². The third kappa shape index (κ3) is 1.59. The standard InChI is InChI=1S/C9H7BrINS/c10-4-6-5-1-2-13-9(5)7(11)3-8(6)12/h1-3H,4,12H2. The van der Waals surface area contributed by atoms with E-state index >= 15 is 0 Å². The van der Waals surface area contributed by atoms with Crippen molar-refractivity contribution in [2.75, 3.05) is 5.73 Å². The van der Waals surface area contributed by atoms with Crippen LogP contribution in [0.1, 0.15) is 5.56 Å². The molecule has 2 rings (SSSR count). The Kier molecular flexibility index (Phi) is 2.80. The molecule has 0 amide bonds. The predicted octanol–water partition coefficient (Wildman–Crippen LogP) is 3.98. The lowest BCUT2D eigenvalue weighted by Crippen LogP contribution is -1.93. The van der Waals surface area contributed by atoms with Crippen molar-refractivity contribution in [2.45, 2.75) is 5.33 Å². The second-order valence-corrected chi connectivity index (χ2v) is 5.36. The molecule has 1 heterocycles. The largest absolute Gasteiger partial charge is 0.398 e. The van der Waals surface area contributed by atoms with Crippen LogP contribution < -0.4 is 5.73 Å². The van der Waals surface area contributed by atoms with Gasteiger partial charge >= 0.3 is 0 Å². The van der Waals surface area contributed by atoms with Gasteiger partial charge in [0.05, 0.1) is 0 Å². The van der Waals surface area contributed by atoms with Crippen molar-refractivity contribution in [1.82, 2.24) is 0 Å². The minimum atomic E-state index is 0.822. The number of nitrogens with two attached hydrogens (primary N) is 1. The Bertz CT molecular complexity index is 452. The van der Waals surface area contributed by atoms with Crippen LogP contribution in [-0.2, 0) is 5.33 Å². The Labute approximate surface area is 103 Å². The van der Waals surface area contributed by atoms with Gasteiger partial charge in [-0.05, 0) is 51.1 Å². The maximum absolute atomic E-state index is 5.93. The summed E-state index contributed by atoms with van der Waals surface area (Å²) in [6, 6.07) is 4.17. The molecule has 0 bridgehead atoms. The minimum Gasteiger partial charge on any atom is -0.398 e. The molecule has 0 aliphatic carbocycles. The minimum absolute atomic E-state index is 0.822. The quantitative estimate of drug-likeness (QED) is 0.460. The van der Waals surface area contributed by atoms with Crippen molar-refractivity contribution >= 4 is 65.6 Å². The Morgan fingerprint density at radius 1 is 1.54 bits per heavy atom. The molecule has 0 spiro atoms. The number of hydrogen-bond donors (Lipinski definition) is 1. The number of hydrogen-bond acceptors (Lipinski definition) is 2. The van der Waals surface area contributed by atoms with E-state index in [1.165, 1.54) is 19.2 Å². The number of alkyl halides is 1. The van der Waals surface area contributed by atoms with Crippen molar-refractivity contribution in [3.05, 3.63) is 26.6 Å². The molecule has 0 aliphatic heterocycles. The van der Waals surface area contributed by atoms with Crippen molar-refractivity contribution < 1.29 is 0 Å². The van der Waals surface area contributed by atoms with Crippen LogP contribution >= 0.6 is 49.9 Å². The summed E-state index contributed by atoms with van der Waals surface area (Å²) in [6.45, 7) is 0. The van der Waals surface area contributed by atoms with Gasteiger partial charge in [-0.25, -0.2) is 0 Å². The summed E-state index contributed by atoms with van der Waals surface area (Å²) in [4.78, 5) is 0. The number of benzene rings is 1. The van der Waals surface area contributed by atoms with Gasteiger partial charge in [-0.15, -0.1) is 11.3 Å². The first-order chi connectivity index (χ1) is 6.24. The van der Waals surface area contributed by atoms with Crippen molar-refractivity contribution in [2.24, 2.45) is 0 Å². The fraction of sp³-hybridized carbons (Fsp3) is 0.111. The molecule has 0 fully saturated rings. The number of thiophene rings is 1. The van der Waals surface area contributed by atoms with Crippen molar-refractivity contribution in [3.8, 4) is 0 Å². The molecule has 13 heavy (non-hydrogen) atoms. The Hall–Kier alpha value is 0.190. The normalized spacial score (nSPS) is 10.9.